The van der Waals surface area contributed by atoms with Crippen LogP contribution in [0.5, 0.6) is 0 Å². The Kier molecular flexibility index (Phi) is 3.55. The van der Waals surface area contributed by atoms with E-state index >= 15 is 0 Å². The van der Waals surface area contributed by atoms with Crippen LogP contribution < -0.4 is 5.32 Å². The van der Waals surface area contributed by atoms with Gasteiger partial charge < -0.3 is 5.32 Å². The first-order chi connectivity index (χ1) is 8.84. The lowest BCUT2D eigenvalue weighted by atomic mass is 9.87. The van der Waals surface area contributed by atoms with Gasteiger partial charge in [0.2, 0.25) is 0 Å². The van der Waals surface area contributed by atoms with Gasteiger partial charge in [-0.15, -0.1) is 0 Å². The number of fused-ring (bicyclic) bond motifs is 1. The van der Waals surface area contributed by atoms with E-state index in [0.717, 1.165) is 0 Å². The molecular weight excluding hydrogens is 333 g/mol. The Bertz CT molecular complexity index is 550. The molecule has 1 atom stereocenters. The van der Waals surface area contributed by atoms with Gasteiger partial charge in [-0.05, 0) is 65.1 Å². The molecule has 0 bridgehead atoms. The van der Waals surface area contributed by atoms with Gasteiger partial charge >= 0.3 is 0 Å². The van der Waals surface area contributed by atoms with Gasteiger partial charge in [0, 0.05) is 9.26 Å². The van der Waals surface area contributed by atoms with Crippen molar-refractivity contribution in [3.8, 4) is 0 Å². The summed E-state index contributed by atoms with van der Waals surface area (Å²) in [5.74, 6) is 0. The molecule has 1 aliphatic carbocycles. The van der Waals surface area contributed by atoms with Gasteiger partial charge in [-0.3, -0.25) is 0 Å². The van der Waals surface area contributed by atoms with Gasteiger partial charge in [0.25, 0.3) is 0 Å². The molecule has 92 valence electrons. The maximum atomic E-state index is 3.70. The molecule has 0 saturated carbocycles. The summed E-state index contributed by atoms with van der Waals surface area (Å²) in [6.45, 7) is 0. The number of benzene rings is 2. The second-order valence-corrected chi connectivity index (χ2v) is 5.93. The zero-order valence-electron chi connectivity index (χ0n) is 10.2. The van der Waals surface area contributed by atoms with Crippen LogP contribution in [-0.4, -0.2) is 0 Å². The largest absolute Gasteiger partial charge is 0.377 e. The average molecular weight is 349 g/mol. The lowest BCUT2D eigenvalue weighted by molar-refractivity contribution is 0.600. The first-order valence-corrected chi connectivity index (χ1v) is 7.51. The van der Waals surface area contributed by atoms with Crippen LogP contribution >= 0.6 is 22.6 Å². The summed E-state index contributed by atoms with van der Waals surface area (Å²) >= 11 is 2.39. The van der Waals surface area contributed by atoms with Gasteiger partial charge in [-0.25, -0.2) is 0 Å². The van der Waals surface area contributed by atoms with Gasteiger partial charge in [-0.2, -0.15) is 0 Å². The molecule has 0 heterocycles. The highest BCUT2D eigenvalue weighted by Crippen LogP contribution is 2.33. The Morgan fingerprint density at radius 2 is 1.78 bits per heavy atom. The number of hydrogen-bond donors (Lipinski definition) is 1. The predicted octanol–water partition coefficient (Wildman–Crippen LogP) is 4.78. The van der Waals surface area contributed by atoms with Gasteiger partial charge in [0.05, 0.1) is 6.04 Å². The van der Waals surface area contributed by atoms with Gasteiger partial charge in [-0.1, -0.05) is 36.4 Å². The van der Waals surface area contributed by atoms with Gasteiger partial charge in [0.15, 0.2) is 0 Å². The Morgan fingerprint density at radius 1 is 1.00 bits per heavy atom. The molecule has 2 aromatic rings. The Labute approximate surface area is 122 Å². The summed E-state index contributed by atoms with van der Waals surface area (Å²) in [6.07, 6.45) is 3.72. The minimum atomic E-state index is 0.464. The molecular formula is C16H16IN. The summed E-state index contributed by atoms with van der Waals surface area (Å²) in [6, 6.07) is 17.8. The van der Waals surface area contributed by atoms with Crippen molar-refractivity contribution < 1.29 is 0 Å². The van der Waals surface area contributed by atoms with Crippen LogP contribution in [0.3, 0.4) is 0 Å². The molecule has 0 fully saturated rings. The van der Waals surface area contributed by atoms with E-state index in [9.17, 15) is 0 Å². The van der Waals surface area contributed by atoms with Crippen molar-refractivity contribution in [2.45, 2.75) is 25.3 Å². The highest BCUT2D eigenvalue weighted by atomic mass is 127. The van der Waals surface area contributed by atoms with Crippen LogP contribution in [0.2, 0.25) is 0 Å². The number of hydrogen-bond acceptors (Lipinski definition) is 1. The predicted molar refractivity (Wildman–Crippen MR) is 84.9 cm³/mol. The second kappa shape index (κ2) is 5.31. The third kappa shape index (κ3) is 2.39. The van der Waals surface area contributed by atoms with Crippen molar-refractivity contribution in [2.75, 3.05) is 5.32 Å². The number of para-hydroxylation sites is 1. The van der Waals surface area contributed by atoms with E-state index in [1.165, 1.54) is 39.6 Å². The second-order valence-electron chi connectivity index (χ2n) is 4.77. The van der Waals surface area contributed by atoms with Crippen molar-refractivity contribution in [2.24, 2.45) is 0 Å². The number of anilines is 1. The minimum absolute atomic E-state index is 0.464. The standard InChI is InChI=1S/C16H16IN/c17-14-9-3-4-10-16(14)18-15-11-5-7-12-6-1-2-8-13(12)15/h1-4,6,8-10,15,18H,5,7,11H2. The van der Waals surface area contributed by atoms with E-state index in [2.05, 4.69) is 76.4 Å². The van der Waals surface area contributed by atoms with E-state index in [0.29, 0.717) is 6.04 Å². The van der Waals surface area contributed by atoms with Crippen molar-refractivity contribution in [1.82, 2.24) is 0 Å². The molecule has 0 radical (unpaired) electrons. The summed E-state index contributed by atoms with van der Waals surface area (Å²) < 4.78 is 1.29. The SMILES string of the molecule is Ic1ccccc1NC1CCCc2ccccc21. The fourth-order valence-electron chi connectivity index (χ4n) is 2.67. The van der Waals surface area contributed by atoms with Crippen molar-refractivity contribution in [3.63, 3.8) is 0 Å². The average Bonchev–Trinajstić information content (AvgIpc) is 2.42. The molecule has 0 aliphatic heterocycles. The molecule has 1 N–H and O–H groups in total. The summed E-state index contributed by atoms with van der Waals surface area (Å²) in [5, 5.41) is 3.70. The fraction of sp³-hybridized carbons (Fsp3) is 0.250. The van der Waals surface area contributed by atoms with Crippen LogP contribution in [0, 0.1) is 3.57 Å². The van der Waals surface area contributed by atoms with E-state index < -0.39 is 0 Å². The van der Waals surface area contributed by atoms with Crippen molar-refractivity contribution >= 4 is 28.3 Å². The smallest absolute Gasteiger partial charge is 0.0517 e. The molecule has 2 heteroatoms. The topological polar surface area (TPSA) is 12.0 Å². The molecule has 1 nitrogen and oxygen atoms in total. The lowest BCUT2D eigenvalue weighted by Crippen LogP contribution is -2.17. The molecule has 0 amide bonds. The fourth-order valence-corrected chi connectivity index (χ4v) is 3.21. The molecule has 1 aliphatic rings. The van der Waals surface area contributed by atoms with Crippen LogP contribution in [-0.2, 0) is 6.42 Å². The molecule has 0 spiro atoms. The zero-order chi connectivity index (χ0) is 12.4. The summed E-state index contributed by atoms with van der Waals surface area (Å²) in [4.78, 5) is 0. The molecule has 1 unspecified atom stereocenters. The van der Waals surface area contributed by atoms with Gasteiger partial charge in [0.1, 0.15) is 0 Å². The highest BCUT2D eigenvalue weighted by Gasteiger charge is 2.19. The van der Waals surface area contributed by atoms with Crippen molar-refractivity contribution in [1.29, 1.82) is 0 Å². The number of rotatable bonds is 2. The highest BCUT2D eigenvalue weighted by molar-refractivity contribution is 14.1. The molecule has 2 aromatic carbocycles. The number of halogens is 1. The third-order valence-electron chi connectivity index (χ3n) is 3.57. The summed E-state index contributed by atoms with van der Waals surface area (Å²) in [5.41, 5.74) is 4.23. The Balaban J connectivity index is 1.89. The first-order valence-electron chi connectivity index (χ1n) is 6.43. The zero-order valence-corrected chi connectivity index (χ0v) is 12.4. The van der Waals surface area contributed by atoms with E-state index in [4.69, 9.17) is 0 Å². The first kappa shape index (κ1) is 12.0. The number of nitrogens with one attached hydrogen (secondary N) is 1. The normalized spacial score (nSPS) is 18.2. The quantitative estimate of drug-likeness (QED) is 0.770. The minimum Gasteiger partial charge on any atom is -0.377 e. The number of aryl methyl sites for hydroxylation is 1. The maximum Gasteiger partial charge on any atom is 0.0517 e. The van der Waals surface area contributed by atoms with Crippen molar-refractivity contribution in [3.05, 3.63) is 63.2 Å². The van der Waals surface area contributed by atoms with Crippen LogP contribution in [0.1, 0.15) is 30.0 Å². The molecule has 3 rings (SSSR count). The Hall–Kier alpha value is -1.03. The monoisotopic (exact) mass is 349 g/mol. The van der Waals surface area contributed by atoms with E-state index in [1.807, 2.05) is 0 Å². The summed E-state index contributed by atoms with van der Waals surface area (Å²) in [7, 11) is 0. The maximum absolute atomic E-state index is 3.70. The van der Waals surface area contributed by atoms with E-state index in [-0.39, 0.29) is 0 Å². The molecule has 18 heavy (non-hydrogen) atoms. The van der Waals surface area contributed by atoms with E-state index in [1.54, 1.807) is 0 Å². The molecule has 0 aromatic heterocycles. The molecule has 0 saturated heterocycles. The van der Waals surface area contributed by atoms with Crippen LogP contribution in [0.25, 0.3) is 0 Å². The Morgan fingerprint density at radius 3 is 2.67 bits per heavy atom. The lowest BCUT2D eigenvalue weighted by Gasteiger charge is -2.27. The van der Waals surface area contributed by atoms with Crippen LogP contribution in [0.4, 0.5) is 5.69 Å². The van der Waals surface area contributed by atoms with Crippen LogP contribution in [0.15, 0.2) is 48.5 Å². The third-order valence-corrected chi connectivity index (χ3v) is 4.51.